The van der Waals surface area contributed by atoms with Gasteiger partial charge in [0, 0.05) is 7.11 Å². The third-order valence-corrected chi connectivity index (χ3v) is 1.40. The summed E-state index contributed by atoms with van der Waals surface area (Å²) in [5.41, 5.74) is 0. The van der Waals surface area contributed by atoms with Gasteiger partial charge in [-0.2, -0.15) is 0 Å². The molecule has 7 heteroatoms. The molecule has 0 aromatic carbocycles. The van der Waals surface area contributed by atoms with Gasteiger partial charge >= 0.3 is 29.6 Å². The molecule has 0 heterocycles. The Bertz CT molecular complexity index is 155. The molecule has 6 nitrogen and oxygen atoms in total. The number of carbonyl (C=O) groups excluding carboxylic acids is 1. The van der Waals surface area contributed by atoms with Crippen LogP contribution in [0.2, 0.25) is 0 Å². The van der Waals surface area contributed by atoms with Gasteiger partial charge in [0.15, 0.2) is 0 Å². The molecule has 0 rings (SSSR count). The minimum Gasteiger partial charge on any atom is -0.548 e. The first-order chi connectivity index (χ1) is 7.27. The minimum absolute atomic E-state index is 0. The Kier molecular flexibility index (Phi) is 17.9. The zero-order valence-corrected chi connectivity index (χ0v) is 11.9. The van der Waals surface area contributed by atoms with Crippen molar-refractivity contribution in [1.82, 2.24) is 0 Å². The largest absolute Gasteiger partial charge is 1.00 e. The Balaban J connectivity index is 0. The molecule has 0 radical (unpaired) electrons. The summed E-state index contributed by atoms with van der Waals surface area (Å²) in [4.78, 5) is 9.93. The second kappa shape index (κ2) is 15.3. The van der Waals surface area contributed by atoms with E-state index in [4.69, 9.17) is 18.9 Å². The summed E-state index contributed by atoms with van der Waals surface area (Å²) >= 11 is 0. The number of hydrogen-bond donors (Lipinski definition) is 0. The van der Waals surface area contributed by atoms with Crippen LogP contribution in [0.15, 0.2) is 0 Å². The van der Waals surface area contributed by atoms with Gasteiger partial charge in [-0.15, -0.1) is 0 Å². The average molecular weight is 244 g/mol. The van der Waals surface area contributed by atoms with Crippen LogP contribution in [0.5, 0.6) is 0 Å². The summed E-state index contributed by atoms with van der Waals surface area (Å²) in [5.74, 6) is -1.22. The number of carboxylic acid groups (broad SMARTS) is 1. The maximum absolute atomic E-state index is 9.93. The molecule has 16 heavy (non-hydrogen) atoms. The molecule has 0 saturated carbocycles. The Labute approximate surface area is 117 Å². The molecule has 0 amide bonds. The number of rotatable bonds is 11. The molecule has 0 unspecified atom stereocenters. The van der Waals surface area contributed by atoms with Crippen LogP contribution in [-0.4, -0.2) is 59.3 Å². The fourth-order valence-corrected chi connectivity index (χ4v) is 0.738. The summed E-state index contributed by atoms with van der Waals surface area (Å²) in [6.07, 6.45) is 0. The van der Waals surface area contributed by atoms with Crippen LogP contribution in [0, 0.1) is 0 Å². The standard InChI is InChI=1S/C9H18O6.Na/c1-12-2-3-13-4-5-14-6-7-15-8-9(10)11;/h2-8H2,1H3,(H,10,11);/q;+1/p-1. The molecule has 0 aliphatic rings. The van der Waals surface area contributed by atoms with Crippen LogP contribution >= 0.6 is 0 Å². The van der Waals surface area contributed by atoms with E-state index < -0.39 is 12.6 Å². The Morgan fingerprint density at radius 1 is 0.938 bits per heavy atom. The quantitative estimate of drug-likeness (QED) is 0.269. The first-order valence-corrected chi connectivity index (χ1v) is 4.69. The normalized spacial score (nSPS) is 9.81. The van der Waals surface area contributed by atoms with Crippen LogP contribution in [0.4, 0.5) is 0 Å². The van der Waals surface area contributed by atoms with Crippen LogP contribution in [0.3, 0.4) is 0 Å². The predicted molar refractivity (Wildman–Crippen MR) is 49.3 cm³/mol. The van der Waals surface area contributed by atoms with Gasteiger partial charge in [-0.25, -0.2) is 0 Å². The van der Waals surface area contributed by atoms with E-state index in [1.165, 1.54) is 0 Å². The average Bonchev–Trinajstić information content (AvgIpc) is 2.20. The van der Waals surface area contributed by atoms with Crippen LogP contribution < -0.4 is 34.7 Å². The molecule has 90 valence electrons. The molecular weight excluding hydrogens is 227 g/mol. The second-order valence-electron chi connectivity index (χ2n) is 2.64. The number of aliphatic carboxylic acids is 1. The number of hydrogen-bond acceptors (Lipinski definition) is 6. The first-order valence-electron chi connectivity index (χ1n) is 4.69. The van der Waals surface area contributed by atoms with Crippen molar-refractivity contribution in [1.29, 1.82) is 0 Å². The molecule has 0 fully saturated rings. The van der Waals surface area contributed by atoms with Gasteiger partial charge in [-0.3, -0.25) is 0 Å². The van der Waals surface area contributed by atoms with E-state index >= 15 is 0 Å². The van der Waals surface area contributed by atoms with Crippen LogP contribution in [0.25, 0.3) is 0 Å². The van der Waals surface area contributed by atoms with Crippen LogP contribution in [-0.2, 0) is 23.7 Å². The second-order valence-corrected chi connectivity index (χ2v) is 2.64. The summed E-state index contributed by atoms with van der Waals surface area (Å²) in [6.45, 7) is 2.25. The van der Waals surface area contributed by atoms with Crippen molar-refractivity contribution in [3.05, 3.63) is 0 Å². The Morgan fingerprint density at radius 2 is 1.38 bits per heavy atom. The molecule has 0 atom stereocenters. The number of carboxylic acids is 1. The topological polar surface area (TPSA) is 77.0 Å². The number of carbonyl (C=O) groups is 1. The molecule has 0 aromatic heterocycles. The fourth-order valence-electron chi connectivity index (χ4n) is 0.738. The van der Waals surface area contributed by atoms with E-state index in [0.717, 1.165) is 0 Å². The number of methoxy groups -OCH3 is 1. The summed E-state index contributed by atoms with van der Waals surface area (Å²) in [6, 6.07) is 0. The van der Waals surface area contributed by atoms with Crippen molar-refractivity contribution < 1.29 is 58.4 Å². The maximum atomic E-state index is 9.93. The third-order valence-electron chi connectivity index (χ3n) is 1.40. The molecular formula is C9H17NaO6. The van der Waals surface area contributed by atoms with Gasteiger partial charge in [0.05, 0.1) is 52.2 Å². The molecule has 0 spiro atoms. The SMILES string of the molecule is COCCOCCOCCOCC(=O)[O-].[Na+]. The Morgan fingerprint density at radius 3 is 1.81 bits per heavy atom. The van der Waals surface area contributed by atoms with Crippen LogP contribution in [0.1, 0.15) is 0 Å². The van der Waals surface area contributed by atoms with E-state index in [9.17, 15) is 9.90 Å². The molecule has 0 bridgehead atoms. The van der Waals surface area contributed by atoms with Crippen molar-refractivity contribution >= 4 is 5.97 Å². The monoisotopic (exact) mass is 244 g/mol. The zero-order chi connectivity index (χ0) is 11.4. The van der Waals surface area contributed by atoms with Crippen molar-refractivity contribution in [2.75, 3.05) is 53.4 Å². The summed E-state index contributed by atoms with van der Waals surface area (Å²) < 4.78 is 19.7. The zero-order valence-electron chi connectivity index (χ0n) is 9.90. The predicted octanol–water partition coefficient (Wildman–Crippen LogP) is -4.56. The molecule has 0 aromatic rings. The molecule has 0 aliphatic carbocycles. The van der Waals surface area contributed by atoms with E-state index in [1.54, 1.807) is 7.11 Å². The number of ether oxygens (including phenoxy) is 4. The molecule has 0 aliphatic heterocycles. The van der Waals surface area contributed by atoms with E-state index in [0.29, 0.717) is 33.0 Å². The summed E-state index contributed by atoms with van der Waals surface area (Å²) in [7, 11) is 1.61. The Hall–Kier alpha value is 0.310. The van der Waals surface area contributed by atoms with E-state index in [2.05, 4.69) is 0 Å². The van der Waals surface area contributed by atoms with Gasteiger partial charge < -0.3 is 28.8 Å². The van der Waals surface area contributed by atoms with Gasteiger partial charge in [-0.05, 0) is 0 Å². The first kappa shape index (κ1) is 18.7. The van der Waals surface area contributed by atoms with Gasteiger partial charge in [-0.1, -0.05) is 0 Å². The van der Waals surface area contributed by atoms with Gasteiger partial charge in [0.25, 0.3) is 0 Å². The molecule has 0 saturated heterocycles. The molecule has 0 N–H and O–H groups in total. The van der Waals surface area contributed by atoms with Gasteiger partial charge in [0.2, 0.25) is 0 Å². The fraction of sp³-hybridized carbons (Fsp3) is 0.889. The van der Waals surface area contributed by atoms with Gasteiger partial charge in [0.1, 0.15) is 0 Å². The smallest absolute Gasteiger partial charge is 0.548 e. The summed E-state index contributed by atoms with van der Waals surface area (Å²) in [5, 5.41) is 9.93. The maximum Gasteiger partial charge on any atom is 1.00 e. The van der Waals surface area contributed by atoms with Crippen molar-refractivity contribution in [3.8, 4) is 0 Å². The van der Waals surface area contributed by atoms with Crippen molar-refractivity contribution in [2.24, 2.45) is 0 Å². The van der Waals surface area contributed by atoms with Crippen molar-refractivity contribution in [2.45, 2.75) is 0 Å². The minimum atomic E-state index is -1.22. The van der Waals surface area contributed by atoms with E-state index in [-0.39, 0.29) is 36.2 Å². The van der Waals surface area contributed by atoms with Crippen molar-refractivity contribution in [3.63, 3.8) is 0 Å². The van der Waals surface area contributed by atoms with E-state index in [1.807, 2.05) is 0 Å². The third kappa shape index (κ3) is 16.7.